The number of nitrogens with one attached hydrogen (secondary N) is 1. The Morgan fingerprint density at radius 1 is 1.11 bits per heavy atom. The van der Waals surface area contributed by atoms with Crippen LogP contribution in [0.3, 0.4) is 0 Å². The first-order valence-electron chi connectivity index (χ1n) is 6.33. The van der Waals surface area contributed by atoms with E-state index >= 15 is 0 Å². The van der Waals surface area contributed by atoms with E-state index in [-0.39, 0.29) is 17.4 Å². The number of carbonyl (C=O) groups is 1. The number of hydrogen-bond acceptors (Lipinski definition) is 2. The number of nitrogens with zero attached hydrogens (tertiary/aromatic N) is 1. The van der Waals surface area contributed by atoms with E-state index in [4.69, 9.17) is 0 Å². The Bertz CT molecular complexity index is 657. The van der Waals surface area contributed by atoms with Crippen molar-refractivity contribution in [2.45, 2.75) is 12.8 Å². The summed E-state index contributed by atoms with van der Waals surface area (Å²) in [4.78, 5) is 23.6. The molecule has 1 saturated carbocycles. The highest BCUT2D eigenvalue weighted by Gasteiger charge is 2.29. The third kappa shape index (κ3) is 2.57. The molecule has 1 fully saturated rings. The minimum absolute atomic E-state index is 0.0401. The van der Waals surface area contributed by atoms with Crippen LogP contribution in [0.15, 0.2) is 53.5 Å². The molecular formula is C15H14N2O2. The first kappa shape index (κ1) is 11.7. The maximum absolute atomic E-state index is 11.9. The minimum Gasteiger partial charge on any atom is -0.325 e. The van der Waals surface area contributed by atoms with E-state index in [9.17, 15) is 9.59 Å². The second-order valence-electron chi connectivity index (χ2n) is 4.73. The van der Waals surface area contributed by atoms with Gasteiger partial charge in [0.1, 0.15) is 0 Å². The van der Waals surface area contributed by atoms with Crippen molar-refractivity contribution in [2.24, 2.45) is 5.92 Å². The molecule has 1 aliphatic carbocycles. The lowest BCUT2D eigenvalue weighted by molar-refractivity contribution is -0.117. The van der Waals surface area contributed by atoms with Crippen molar-refractivity contribution in [1.82, 2.24) is 4.57 Å². The van der Waals surface area contributed by atoms with Crippen LogP contribution in [0.1, 0.15) is 12.8 Å². The van der Waals surface area contributed by atoms with Crippen molar-refractivity contribution < 1.29 is 4.79 Å². The van der Waals surface area contributed by atoms with E-state index in [2.05, 4.69) is 5.32 Å². The number of amides is 1. The Labute approximate surface area is 110 Å². The Kier molecular flexibility index (Phi) is 2.91. The molecule has 0 bridgehead atoms. The number of pyridine rings is 1. The van der Waals surface area contributed by atoms with Gasteiger partial charge in [0.15, 0.2) is 0 Å². The number of aromatic nitrogens is 1. The molecule has 0 atom stereocenters. The molecule has 1 heterocycles. The van der Waals surface area contributed by atoms with E-state index in [1.165, 1.54) is 10.6 Å². The Hall–Kier alpha value is -2.36. The molecule has 1 aromatic heterocycles. The molecule has 4 heteroatoms. The quantitative estimate of drug-likeness (QED) is 0.912. The highest BCUT2D eigenvalue weighted by molar-refractivity contribution is 5.93. The number of anilines is 1. The van der Waals surface area contributed by atoms with Crippen molar-refractivity contribution in [2.75, 3.05) is 5.32 Å². The predicted molar refractivity (Wildman–Crippen MR) is 73.4 cm³/mol. The average molecular weight is 254 g/mol. The van der Waals surface area contributed by atoms with Crippen molar-refractivity contribution in [3.05, 3.63) is 59.0 Å². The van der Waals surface area contributed by atoms with Gasteiger partial charge in [-0.05, 0) is 31.0 Å². The highest BCUT2D eigenvalue weighted by atomic mass is 16.2. The van der Waals surface area contributed by atoms with Crippen molar-refractivity contribution in [3.63, 3.8) is 0 Å². The topological polar surface area (TPSA) is 51.1 Å². The third-order valence-electron chi connectivity index (χ3n) is 3.16. The van der Waals surface area contributed by atoms with Gasteiger partial charge in [0.2, 0.25) is 5.91 Å². The lowest BCUT2D eigenvalue weighted by Crippen LogP contribution is -2.19. The fourth-order valence-electron chi connectivity index (χ4n) is 1.94. The second-order valence-corrected chi connectivity index (χ2v) is 4.73. The molecule has 0 aliphatic heterocycles. The van der Waals surface area contributed by atoms with Crippen LogP contribution in [0.4, 0.5) is 5.69 Å². The van der Waals surface area contributed by atoms with E-state index in [1.807, 2.05) is 30.3 Å². The van der Waals surface area contributed by atoms with Gasteiger partial charge in [-0.2, -0.15) is 0 Å². The molecule has 19 heavy (non-hydrogen) atoms. The van der Waals surface area contributed by atoms with Gasteiger partial charge >= 0.3 is 0 Å². The van der Waals surface area contributed by atoms with E-state index in [0.29, 0.717) is 5.69 Å². The SMILES string of the molecule is O=C(Nc1ccc(=O)n(-c2ccccc2)c1)C1CC1. The van der Waals surface area contributed by atoms with Crippen molar-refractivity contribution in [1.29, 1.82) is 0 Å². The smallest absolute Gasteiger partial charge is 0.255 e. The minimum atomic E-state index is -0.115. The Morgan fingerprint density at radius 3 is 2.53 bits per heavy atom. The molecule has 0 radical (unpaired) electrons. The second kappa shape index (κ2) is 4.72. The molecule has 0 saturated heterocycles. The molecule has 3 rings (SSSR count). The molecule has 0 unspecified atom stereocenters. The Balaban J connectivity index is 1.92. The third-order valence-corrected chi connectivity index (χ3v) is 3.16. The zero-order valence-corrected chi connectivity index (χ0v) is 10.4. The highest BCUT2D eigenvalue weighted by Crippen LogP contribution is 2.30. The lowest BCUT2D eigenvalue weighted by Gasteiger charge is -2.09. The zero-order valence-electron chi connectivity index (χ0n) is 10.4. The van der Waals surface area contributed by atoms with Crippen LogP contribution >= 0.6 is 0 Å². The van der Waals surface area contributed by atoms with Gasteiger partial charge in [-0.25, -0.2) is 0 Å². The zero-order chi connectivity index (χ0) is 13.2. The lowest BCUT2D eigenvalue weighted by atomic mass is 10.3. The summed E-state index contributed by atoms with van der Waals surface area (Å²) in [6.07, 6.45) is 3.59. The number of carbonyl (C=O) groups excluding carboxylic acids is 1. The monoisotopic (exact) mass is 254 g/mol. The molecule has 2 aromatic rings. The molecule has 96 valence electrons. The van der Waals surface area contributed by atoms with Gasteiger partial charge in [0, 0.05) is 23.9 Å². The number of hydrogen-bond donors (Lipinski definition) is 1. The molecule has 4 nitrogen and oxygen atoms in total. The van der Waals surface area contributed by atoms with Crippen molar-refractivity contribution >= 4 is 11.6 Å². The number of rotatable bonds is 3. The standard InChI is InChI=1S/C15H14N2O2/c18-14-9-8-12(16-15(19)11-6-7-11)10-17(14)13-4-2-1-3-5-13/h1-5,8-11H,6-7H2,(H,16,19). The first-order valence-corrected chi connectivity index (χ1v) is 6.33. The van der Waals surface area contributed by atoms with Crippen LogP contribution in [-0.2, 0) is 4.79 Å². The first-order chi connectivity index (χ1) is 9.24. The van der Waals surface area contributed by atoms with Crippen LogP contribution in [-0.4, -0.2) is 10.5 Å². The summed E-state index contributed by atoms with van der Waals surface area (Å²) >= 11 is 0. The summed E-state index contributed by atoms with van der Waals surface area (Å²) in [6.45, 7) is 0. The van der Waals surface area contributed by atoms with Gasteiger partial charge in [0.05, 0.1) is 5.69 Å². The maximum Gasteiger partial charge on any atom is 0.255 e. The van der Waals surface area contributed by atoms with E-state index in [0.717, 1.165) is 18.5 Å². The van der Waals surface area contributed by atoms with Crippen LogP contribution in [0, 0.1) is 5.92 Å². The average Bonchev–Trinajstić information content (AvgIpc) is 3.26. The van der Waals surface area contributed by atoms with Gasteiger partial charge < -0.3 is 5.32 Å². The van der Waals surface area contributed by atoms with Gasteiger partial charge in [-0.1, -0.05) is 18.2 Å². The summed E-state index contributed by atoms with van der Waals surface area (Å²) in [5, 5.41) is 2.84. The van der Waals surface area contributed by atoms with Gasteiger partial charge in [-0.15, -0.1) is 0 Å². The van der Waals surface area contributed by atoms with Crippen LogP contribution in [0.25, 0.3) is 5.69 Å². The fourth-order valence-corrected chi connectivity index (χ4v) is 1.94. The van der Waals surface area contributed by atoms with Crippen LogP contribution < -0.4 is 10.9 Å². The predicted octanol–water partition coefficient (Wildman–Crippen LogP) is 2.19. The summed E-state index contributed by atoms with van der Waals surface area (Å²) in [5.41, 5.74) is 1.32. The normalized spacial score (nSPS) is 14.1. The van der Waals surface area contributed by atoms with Crippen LogP contribution in [0.5, 0.6) is 0 Å². The molecule has 1 N–H and O–H groups in total. The van der Waals surface area contributed by atoms with Gasteiger partial charge in [0.25, 0.3) is 5.56 Å². The number of para-hydroxylation sites is 1. The molecule has 1 aromatic carbocycles. The fraction of sp³-hybridized carbons (Fsp3) is 0.200. The Morgan fingerprint density at radius 2 is 1.84 bits per heavy atom. The van der Waals surface area contributed by atoms with E-state index < -0.39 is 0 Å². The van der Waals surface area contributed by atoms with Gasteiger partial charge in [-0.3, -0.25) is 14.2 Å². The molecule has 1 aliphatic rings. The van der Waals surface area contributed by atoms with Crippen LogP contribution in [0.2, 0.25) is 0 Å². The summed E-state index contributed by atoms with van der Waals surface area (Å²) < 4.78 is 1.53. The summed E-state index contributed by atoms with van der Waals surface area (Å²) in [5.74, 6) is 0.190. The number of benzene rings is 1. The summed E-state index contributed by atoms with van der Waals surface area (Å²) in [7, 11) is 0. The maximum atomic E-state index is 11.9. The molecular weight excluding hydrogens is 240 g/mol. The summed E-state index contributed by atoms with van der Waals surface area (Å²) in [6, 6.07) is 12.5. The molecule has 0 spiro atoms. The molecule has 1 amide bonds. The van der Waals surface area contributed by atoms with E-state index in [1.54, 1.807) is 12.3 Å². The largest absolute Gasteiger partial charge is 0.325 e. The van der Waals surface area contributed by atoms with Crippen molar-refractivity contribution in [3.8, 4) is 5.69 Å².